The molecule has 0 heterocycles. The second-order valence-electron chi connectivity index (χ2n) is 14.7. The molecule has 0 N–H and O–H groups in total. The van der Waals surface area contributed by atoms with Crippen LogP contribution in [0.3, 0.4) is 0 Å². The van der Waals surface area contributed by atoms with E-state index in [0.717, 1.165) is 0 Å². The van der Waals surface area contributed by atoms with Crippen molar-refractivity contribution in [3.63, 3.8) is 0 Å². The molecule has 0 saturated carbocycles. The van der Waals surface area contributed by atoms with Crippen molar-refractivity contribution in [3.8, 4) is 707 Å². The first-order valence-electron chi connectivity index (χ1n) is 30.0. The first-order chi connectivity index (χ1) is 60.8. The molecule has 0 fully saturated rings. The van der Waals surface area contributed by atoms with Crippen molar-refractivity contribution >= 4 is 45.2 Å². The number of hydrogen-bond acceptors (Lipinski definition) is 0. The molecule has 0 aromatic rings. The summed E-state index contributed by atoms with van der Waals surface area (Å²) in [5.74, 6) is 288. The van der Waals surface area contributed by atoms with Crippen molar-refractivity contribution < 1.29 is 0 Å². The number of halogens is 2. The minimum absolute atomic E-state index is 1.88. The first kappa shape index (κ1) is 99.1. The molecule has 2 heteroatoms. The number of terminal acetylenes is 2. The summed E-state index contributed by atoms with van der Waals surface area (Å²) in [7, 11) is 0. The summed E-state index contributed by atoms with van der Waals surface area (Å²) >= 11 is 3.76. The minimum atomic E-state index is 1.88. The van der Waals surface area contributed by atoms with Gasteiger partial charge in [0.25, 0.3) is 0 Å². The molecule has 0 aromatic heterocycles. The summed E-state index contributed by atoms with van der Waals surface area (Å²) in [6, 6.07) is 0. The lowest BCUT2D eigenvalue weighted by molar-refractivity contribution is 2.31. The molecule has 496 valence electrons. The van der Waals surface area contributed by atoms with Crippen LogP contribution in [-0.4, -0.2) is 0 Å². The summed E-state index contributed by atoms with van der Waals surface area (Å²) in [5, 5.41) is 0. The molecule has 0 spiro atoms. The smallest absolute Gasteiger partial charge is 0.0192 e. The Balaban J connectivity index is 0. The zero-order valence-electron chi connectivity index (χ0n) is 60.9. The molecule has 0 nitrogen and oxygen atoms in total. The Morgan fingerprint density at radius 1 is 0.0656 bits per heavy atom. The predicted molar refractivity (Wildman–Crippen MR) is 497 cm³/mol. The lowest BCUT2D eigenvalue weighted by atomic mass is 10.4. The van der Waals surface area contributed by atoms with E-state index in [4.69, 9.17) is 12.8 Å². The van der Waals surface area contributed by atoms with Gasteiger partial charge in [-0.2, -0.15) is 0 Å². The normalized spacial score (nSPS) is 3.93. The zero-order chi connectivity index (χ0) is 87.4. The van der Waals surface area contributed by atoms with Crippen LogP contribution in [-0.2, 0) is 0 Å². The van der Waals surface area contributed by atoms with E-state index in [1.807, 2.05) is 45.2 Å². The molecule has 0 aliphatic carbocycles. The van der Waals surface area contributed by atoms with Crippen molar-refractivity contribution in [2.24, 2.45) is 0 Å². The lowest BCUT2D eigenvalue weighted by Gasteiger charge is -1.57. The van der Waals surface area contributed by atoms with Crippen molar-refractivity contribution in [1.82, 2.24) is 0 Å². The third kappa shape index (κ3) is 101. The maximum atomic E-state index is 4.95. The molecule has 0 unspecified atom stereocenters. The van der Waals surface area contributed by atoms with Gasteiger partial charge in [-0.1, -0.05) is 0 Å². The minimum Gasteiger partial charge on any atom is -0.106 e. The van der Waals surface area contributed by atoms with Gasteiger partial charge in [0, 0.05) is 542 Å². The van der Waals surface area contributed by atoms with Gasteiger partial charge in [0.15, 0.2) is 0 Å². The maximum absolute atomic E-state index is 4.95. The van der Waals surface area contributed by atoms with Gasteiger partial charge >= 0.3 is 0 Å². The molecule has 0 amide bonds. The van der Waals surface area contributed by atoms with Crippen molar-refractivity contribution in [2.45, 2.75) is 0 Å². The van der Waals surface area contributed by atoms with E-state index >= 15 is 0 Å². The largest absolute Gasteiger partial charge is 0.106 e. The Kier molecular flexibility index (Phi) is 81.4. The third-order valence-electron chi connectivity index (χ3n) is 7.24. The molecule has 0 rings (SSSR count). The lowest BCUT2D eigenvalue weighted by Crippen LogP contribution is -1.57. The Hall–Kier alpha value is -24.9. The van der Waals surface area contributed by atoms with Gasteiger partial charge in [-0.3, -0.25) is 0 Å². The van der Waals surface area contributed by atoms with Crippen LogP contribution in [0.15, 0.2) is 0 Å². The van der Waals surface area contributed by atoms with E-state index in [-0.39, 0.29) is 0 Å². The summed E-state index contributed by atoms with van der Waals surface area (Å²) in [5.41, 5.74) is 0. The monoisotopic (exact) mass is 1700 g/mol. The van der Waals surface area contributed by atoms with Gasteiger partial charge in [-0.15, -0.1) is 12.8 Å². The summed E-state index contributed by atoms with van der Waals surface area (Å²) in [6.45, 7) is 0. The first-order valence-corrected chi connectivity index (χ1v) is 32.1. The van der Waals surface area contributed by atoms with E-state index in [1.54, 1.807) is 0 Å². The van der Waals surface area contributed by atoms with E-state index in [9.17, 15) is 0 Å². The van der Waals surface area contributed by atoms with Gasteiger partial charge in [-0.05, 0) is 197 Å². The average Bonchev–Trinajstić information content (AvgIpc) is 4.09. The Labute approximate surface area is 746 Å². The van der Waals surface area contributed by atoms with Crippen LogP contribution in [0.25, 0.3) is 0 Å². The van der Waals surface area contributed by atoms with Crippen molar-refractivity contribution in [2.75, 3.05) is 0 Å². The highest BCUT2D eigenvalue weighted by atomic mass is 127. The number of hydrogen-bond donors (Lipinski definition) is 0. The highest BCUT2D eigenvalue weighted by Gasteiger charge is 1.69. The molecule has 122 heavy (non-hydrogen) atoms. The molecule has 0 radical (unpaired) electrons. The molecular weight excluding hydrogens is 1700 g/mol. The third-order valence-corrected chi connectivity index (χ3v) is 7.78. The van der Waals surface area contributed by atoms with Crippen LogP contribution in [0.1, 0.15) is 0 Å². The Morgan fingerprint density at radius 3 is 0.148 bits per heavy atom. The second kappa shape index (κ2) is 100. The fraction of sp³-hybridized carbons (Fsp3) is 0. The molecule has 0 aliphatic heterocycles. The van der Waals surface area contributed by atoms with Crippen LogP contribution in [0.5, 0.6) is 0 Å². The van der Waals surface area contributed by atoms with Crippen molar-refractivity contribution in [1.29, 1.82) is 0 Å². The molecule has 0 atom stereocenters. The quantitative estimate of drug-likeness (QED) is 0.259. The van der Waals surface area contributed by atoms with Gasteiger partial charge in [0.2, 0.25) is 0 Å². The van der Waals surface area contributed by atoms with E-state index in [2.05, 4.69) is 695 Å². The van der Waals surface area contributed by atoms with Gasteiger partial charge in [0.1, 0.15) is 0 Å². The predicted octanol–water partition coefficient (Wildman–Crippen LogP) is 2.22. The second-order valence-corrected chi connectivity index (χ2v) is 15.8. The zero-order valence-corrected chi connectivity index (χ0v) is 65.2. The van der Waals surface area contributed by atoms with Gasteiger partial charge in [0.05, 0.1) is 0 Å². The molecule has 0 saturated heterocycles. The fourth-order valence-corrected chi connectivity index (χ4v) is 3.83. The highest BCUT2D eigenvalue weighted by molar-refractivity contribution is 14.1. The van der Waals surface area contributed by atoms with Crippen LogP contribution >= 0.6 is 45.2 Å². The average molecular weight is 1700 g/mol. The fourth-order valence-electron chi connectivity index (χ4n) is 3.56. The van der Waals surface area contributed by atoms with Crippen molar-refractivity contribution in [3.05, 3.63) is 0 Å². The highest BCUT2D eigenvalue weighted by Crippen LogP contribution is 1.71. The van der Waals surface area contributed by atoms with Crippen LogP contribution in [0, 0.1) is 707 Å². The molecule has 0 aromatic carbocycles. The molecule has 0 bridgehead atoms. The van der Waals surface area contributed by atoms with Gasteiger partial charge in [-0.25, -0.2) is 0 Å². The van der Waals surface area contributed by atoms with E-state index < -0.39 is 0 Å². The SMILES string of the molecule is C#CC#CC#CC#CC#CC#CC#CC#CC#CC#CC#CC#CC#CC#CC#CC#CC#CC#CC#CC#CC#CC#CC#CC#CC#CC#CC#CC#CC#CC#CC#CC#CC#CC#CC#CI.C#CC#CC#CC#CC#CC#CC#CC#CC#CC#CC#CC#CC#CC#CC#CC#CC#CC#CC#CC#CC#CC#CC#CC#CC#CI. The van der Waals surface area contributed by atoms with Gasteiger partial charge < -0.3 is 0 Å². The Bertz CT molecular complexity index is 8850. The topological polar surface area (TPSA) is 0 Å². The van der Waals surface area contributed by atoms with Crippen LogP contribution in [0.4, 0.5) is 0 Å². The van der Waals surface area contributed by atoms with Crippen LogP contribution < -0.4 is 0 Å². The summed E-state index contributed by atoms with van der Waals surface area (Å²) < 4.78 is 5.19. The summed E-state index contributed by atoms with van der Waals surface area (Å²) in [6.07, 6.45) is 9.88. The summed E-state index contributed by atoms with van der Waals surface area (Å²) in [4.78, 5) is 0. The van der Waals surface area contributed by atoms with E-state index in [1.165, 1.54) is 0 Å². The maximum Gasteiger partial charge on any atom is 0.0192 e. The molecule has 0 aliphatic rings. The standard InChI is InChI=1S/C70HI.C50HI/c1-2-3-4-5-6-7-8-9-10-11-12-13-14-15-16-17-18-19-20-21-22-23-24-25-26-27-28-29-30-31-32-33-34-35-36-37-38-39-40-41-42-43-44-45-46-47-48-49-50-51-52-53-54-55-56-57-58-59-60-61-62-63-64-65-66-67-68-69-70-71;1-2-3-4-5-6-7-8-9-10-11-12-13-14-15-16-17-18-19-20-21-22-23-24-25-26-27-28-29-30-31-32-33-34-35-36-37-38-39-40-41-42-43-44-45-46-47-48-49-50-51/h1H;1H. The number of rotatable bonds is 0. The van der Waals surface area contributed by atoms with E-state index in [0.29, 0.717) is 0 Å². The Morgan fingerprint density at radius 2 is 0.107 bits per heavy atom. The van der Waals surface area contributed by atoms with Crippen LogP contribution in [0.2, 0.25) is 0 Å². The molecular formula is C120H2I2.